The van der Waals surface area contributed by atoms with Gasteiger partial charge in [0.1, 0.15) is 12.0 Å². The number of amides is 3. The van der Waals surface area contributed by atoms with Crippen LogP contribution in [0.4, 0.5) is 9.18 Å². The predicted molar refractivity (Wildman–Crippen MR) is 139 cm³/mol. The van der Waals surface area contributed by atoms with Crippen molar-refractivity contribution in [2.45, 2.75) is 64.6 Å². The van der Waals surface area contributed by atoms with E-state index in [1.807, 2.05) is 11.0 Å². The summed E-state index contributed by atoms with van der Waals surface area (Å²) >= 11 is 0. The number of fused-ring (bicyclic) bond motifs is 1. The average Bonchev–Trinajstić information content (AvgIpc) is 2.90. The van der Waals surface area contributed by atoms with Crippen LogP contribution in [0.15, 0.2) is 46.3 Å². The van der Waals surface area contributed by atoms with Gasteiger partial charge in [-0.2, -0.15) is 10.2 Å². The predicted octanol–water partition coefficient (Wildman–Crippen LogP) is 4.14. The van der Waals surface area contributed by atoms with Crippen LogP contribution in [0, 0.1) is 5.82 Å². The summed E-state index contributed by atoms with van der Waals surface area (Å²) in [5, 5.41) is 14.0. The molecule has 8 nitrogen and oxygen atoms in total. The quantitative estimate of drug-likeness (QED) is 0.339. The second kappa shape index (κ2) is 12.5. The van der Waals surface area contributed by atoms with E-state index in [0.717, 1.165) is 62.7 Å². The number of nitrogens with one attached hydrogen (secondary N) is 2. The van der Waals surface area contributed by atoms with Gasteiger partial charge in [-0.3, -0.25) is 4.79 Å². The van der Waals surface area contributed by atoms with Gasteiger partial charge in [0.15, 0.2) is 0 Å². The zero-order chi connectivity index (χ0) is 25.3. The van der Waals surface area contributed by atoms with Gasteiger partial charge >= 0.3 is 6.03 Å². The standard InChI is InChI=1S/C27H35FN6O2/c1-2-3-5-12-29-30-18-22-9-8-10-25(31-22)32-26(35)23-16-21-19-34(15-11-20(21)17-24(23)28)27(36)33-13-6-4-7-14-33/h8-10,12,16-18,25,31H,2-7,11,13-15,19H2,1H3,(H,32,35)/b29-12+,30-18+. The molecule has 1 saturated heterocycles. The van der Waals surface area contributed by atoms with Crippen molar-refractivity contribution in [1.29, 1.82) is 0 Å². The van der Waals surface area contributed by atoms with Crippen molar-refractivity contribution < 1.29 is 14.0 Å². The van der Waals surface area contributed by atoms with Gasteiger partial charge in [0.25, 0.3) is 5.91 Å². The van der Waals surface area contributed by atoms with Crippen molar-refractivity contribution in [3.63, 3.8) is 0 Å². The summed E-state index contributed by atoms with van der Waals surface area (Å²) in [5.41, 5.74) is 2.33. The number of likely N-dealkylation sites (tertiary alicyclic amines) is 1. The molecule has 1 atom stereocenters. The van der Waals surface area contributed by atoms with Crippen molar-refractivity contribution in [2.75, 3.05) is 19.6 Å². The molecule has 4 rings (SSSR count). The van der Waals surface area contributed by atoms with Crippen molar-refractivity contribution in [3.8, 4) is 0 Å². The van der Waals surface area contributed by atoms with Crippen LogP contribution in [0.25, 0.3) is 0 Å². The van der Waals surface area contributed by atoms with Crippen LogP contribution in [-0.2, 0) is 13.0 Å². The molecule has 3 amide bonds. The average molecular weight is 495 g/mol. The third kappa shape index (κ3) is 6.59. The van der Waals surface area contributed by atoms with Crippen molar-refractivity contribution in [3.05, 3.63) is 58.6 Å². The van der Waals surface area contributed by atoms with E-state index in [-0.39, 0.29) is 11.6 Å². The van der Waals surface area contributed by atoms with Crippen molar-refractivity contribution in [1.82, 2.24) is 20.4 Å². The van der Waals surface area contributed by atoms with Crippen LogP contribution in [0.2, 0.25) is 0 Å². The Hall–Kier alpha value is -3.49. The lowest BCUT2D eigenvalue weighted by molar-refractivity contribution is 0.0936. The van der Waals surface area contributed by atoms with Crippen molar-refractivity contribution in [2.24, 2.45) is 10.2 Å². The van der Waals surface area contributed by atoms with Gasteiger partial charge in [0.2, 0.25) is 0 Å². The lowest BCUT2D eigenvalue weighted by Gasteiger charge is -2.35. The molecule has 3 aliphatic heterocycles. The molecule has 0 spiro atoms. The highest BCUT2D eigenvalue weighted by Crippen LogP contribution is 2.24. The maximum Gasteiger partial charge on any atom is 0.320 e. The SMILES string of the molecule is CCCC/C=N/N=C/C1=CC=CC(NC(=O)c2cc3c(cc2F)CCN(C(=O)N2CCCCC2)C3)N1. The molecule has 0 aliphatic carbocycles. The second-order valence-electron chi connectivity index (χ2n) is 9.39. The second-order valence-corrected chi connectivity index (χ2v) is 9.39. The van der Waals surface area contributed by atoms with E-state index < -0.39 is 17.9 Å². The fourth-order valence-corrected chi connectivity index (χ4v) is 4.63. The number of allylic oxidation sites excluding steroid dienone is 3. The maximum absolute atomic E-state index is 14.9. The minimum Gasteiger partial charge on any atom is -0.361 e. The Labute approximate surface area is 212 Å². The van der Waals surface area contributed by atoms with Crippen LogP contribution in [0.5, 0.6) is 0 Å². The van der Waals surface area contributed by atoms with Crippen LogP contribution in [0.3, 0.4) is 0 Å². The fraction of sp³-hybridized carbons (Fsp3) is 0.481. The number of rotatable bonds is 7. The number of carbonyl (C=O) groups excluding carboxylic acids is 2. The molecule has 1 fully saturated rings. The van der Waals surface area contributed by atoms with E-state index in [1.165, 1.54) is 6.07 Å². The summed E-state index contributed by atoms with van der Waals surface area (Å²) in [6.07, 6.45) is 15.1. The third-order valence-corrected chi connectivity index (χ3v) is 6.66. The molecule has 0 radical (unpaired) electrons. The Morgan fingerprint density at radius 3 is 2.78 bits per heavy atom. The lowest BCUT2D eigenvalue weighted by Crippen LogP contribution is -2.47. The van der Waals surface area contributed by atoms with Crippen LogP contribution in [0.1, 0.15) is 66.9 Å². The molecule has 3 heterocycles. The van der Waals surface area contributed by atoms with Gasteiger partial charge in [0.05, 0.1) is 17.5 Å². The number of dihydropyridines is 1. The Kier molecular flexibility index (Phi) is 8.86. The number of hydrogen-bond acceptors (Lipinski definition) is 5. The molecule has 0 saturated carbocycles. The minimum atomic E-state index is -0.555. The first kappa shape index (κ1) is 25.6. The molecule has 9 heteroatoms. The highest BCUT2D eigenvalue weighted by Gasteiger charge is 2.28. The zero-order valence-corrected chi connectivity index (χ0v) is 20.9. The first-order valence-corrected chi connectivity index (χ1v) is 12.9. The normalized spacial score (nSPS) is 19.8. The summed E-state index contributed by atoms with van der Waals surface area (Å²) in [5.74, 6) is -1.08. The lowest BCUT2D eigenvalue weighted by atomic mass is 9.96. The first-order chi connectivity index (χ1) is 17.5. The largest absolute Gasteiger partial charge is 0.361 e. The van der Waals surface area contributed by atoms with Crippen LogP contribution >= 0.6 is 0 Å². The molecule has 1 unspecified atom stereocenters. The summed E-state index contributed by atoms with van der Waals surface area (Å²) in [4.78, 5) is 29.6. The molecule has 2 N–H and O–H groups in total. The van der Waals surface area contributed by atoms with E-state index in [2.05, 4.69) is 27.8 Å². The Bertz CT molecular complexity index is 1070. The van der Waals surface area contributed by atoms with E-state index >= 15 is 0 Å². The monoisotopic (exact) mass is 494 g/mol. The zero-order valence-electron chi connectivity index (χ0n) is 20.9. The number of nitrogens with zero attached hydrogens (tertiary/aromatic N) is 4. The van der Waals surface area contributed by atoms with E-state index in [1.54, 1.807) is 35.5 Å². The number of hydrogen-bond donors (Lipinski definition) is 2. The molecule has 1 aromatic rings. The van der Waals surface area contributed by atoms with Gasteiger partial charge in [-0.1, -0.05) is 19.4 Å². The smallest absolute Gasteiger partial charge is 0.320 e. The number of benzene rings is 1. The Morgan fingerprint density at radius 1 is 1.14 bits per heavy atom. The summed E-state index contributed by atoms with van der Waals surface area (Å²) < 4.78 is 14.9. The van der Waals surface area contributed by atoms with Crippen molar-refractivity contribution >= 4 is 24.4 Å². The number of unbranched alkanes of at least 4 members (excludes halogenated alkanes) is 2. The molecule has 3 aliphatic rings. The van der Waals surface area contributed by atoms with E-state index in [4.69, 9.17) is 0 Å². The summed E-state index contributed by atoms with van der Waals surface area (Å²) in [6, 6.07) is 3.06. The number of halogens is 1. The van der Waals surface area contributed by atoms with Crippen LogP contribution < -0.4 is 10.6 Å². The Morgan fingerprint density at radius 2 is 1.97 bits per heavy atom. The topological polar surface area (TPSA) is 89.4 Å². The number of urea groups is 1. The van der Waals surface area contributed by atoms with Gasteiger partial charge in [-0.05, 0) is 73.9 Å². The third-order valence-electron chi connectivity index (χ3n) is 6.66. The first-order valence-electron chi connectivity index (χ1n) is 12.9. The fourth-order valence-electron chi connectivity index (χ4n) is 4.63. The minimum absolute atomic E-state index is 0.0264. The molecule has 0 aromatic heterocycles. The molecular weight excluding hydrogens is 459 g/mol. The summed E-state index contributed by atoms with van der Waals surface area (Å²) in [7, 11) is 0. The van der Waals surface area contributed by atoms with E-state index in [9.17, 15) is 14.0 Å². The molecule has 192 valence electrons. The maximum atomic E-state index is 14.9. The van der Waals surface area contributed by atoms with E-state index in [0.29, 0.717) is 25.2 Å². The Balaban J connectivity index is 1.36. The number of carbonyl (C=O) groups is 2. The van der Waals surface area contributed by atoms with Gasteiger partial charge in [0, 0.05) is 32.4 Å². The summed E-state index contributed by atoms with van der Waals surface area (Å²) in [6.45, 7) is 4.64. The number of piperidine rings is 1. The highest BCUT2D eigenvalue weighted by molar-refractivity contribution is 5.95. The van der Waals surface area contributed by atoms with Gasteiger partial charge < -0.3 is 20.4 Å². The molecule has 0 bridgehead atoms. The van der Waals surface area contributed by atoms with Crippen LogP contribution in [-0.4, -0.2) is 60.0 Å². The van der Waals surface area contributed by atoms with Gasteiger partial charge in [-0.15, -0.1) is 0 Å². The van der Waals surface area contributed by atoms with Gasteiger partial charge in [-0.25, -0.2) is 9.18 Å². The molecule has 1 aromatic carbocycles. The molecular formula is C27H35FN6O2. The highest BCUT2D eigenvalue weighted by atomic mass is 19.1. The molecule has 36 heavy (non-hydrogen) atoms.